The molecule has 0 rings (SSSR count). The van der Waals surface area contributed by atoms with Crippen molar-refractivity contribution in [2.75, 3.05) is 59.5 Å². The SMILES string of the molecule is CCCN(C)CCCN(CCCN(C)CCC)C[SiH2]OC(C)C. The van der Waals surface area contributed by atoms with Crippen LogP contribution in [0.15, 0.2) is 0 Å². The van der Waals surface area contributed by atoms with Gasteiger partial charge in [0.1, 0.15) is 0 Å². The molecule has 23 heavy (non-hydrogen) atoms. The van der Waals surface area contributed by atoms with Crippen molar-refractivity contribution < 1.29 is 4.43 Å². The van der Waals surface area contributed by atoms with E-state index in [2.05, 4.69) is 56.5 Å². The van der Waals surface area contributed by atoms with E-state index in [0.29, 0.717) is 6.10 Å². The van der Waals surface area contributed by atoms with Gasteiger partial charge in [-0.1, -0.05) is 13.8 Å². The van der Waals surface area contributed by atoms with Gasteiger partial charge in [-0.3, -0.25) is 0 Å². The molecule has 0 aromatic rings. The van der Waals surface area contributed by atoms with E-state index in [-0.39, 0.29) is 0 Å². The van der Waals surface area contributed by atoms with Gasteiger partial charge in [-0.25, -0.2) is 0 Å². The molecule has 0 saturated heterocycles. The monoisotopic (exact) mass is 345 g/mol. The zero-order valence-corrected chi connectivity index (χ0v) is 18.2. The summed E-state index contributed by atoms with van der Waals surface area (Å²) < 4.78 is 5.88. The molecule has 0 heterocycles. The van der Waals surface area contributed by atoms with Gasteiger partial charge in [0.15, 0.2) is 9.76 Å². The maximum atomic E-state index is 5.88. The average Bonchev–Trinajstić information content (AvgIpc) is 2.47. The first-order chi connectivity index (χ1) is 11.0. The lowest BCUT2D eigenvalue weighted by molar-refractivity contribution is 0.221. The first-order valence-electron chi connectivity index (χ1n) is 9.70. The van der Waals surface area contributed by atoms with E-state index in [1.165, 1.54) is 71.1 Å². The Balaban J connectivity index is 4.01. The smallest absolute Gasteiger partial charge is 0.175 e. The fourth-order valence-electron chi connectivity index (χ4n) is 2.87. The van der Waals surface area contributed by atoms with Crippen LogP contribution in [-0.2, 0) is 4.43 Å². The Hall–Kier alpha value is 0.0569. The molecule has 0 unspecified atom stereocenters. The summed E-state index contributed by atoms with van der Waals surface area (Å²) in [6.07, 6.45) is 6.65. The molecule has 0 aliphatic carbocycles. The Kier molecular flexibility index (Phi) is 15.6. The summed E-state index contributed by atoms with van der Waals surface area (Å²) in [5.74, 6) is 0. The molecule has 0 bridgehead atoms. The second kappa shape index (κ2) is 15.6. The molecule has 0 aromatic heterocycles. The van der Waals surface area contributed by atoms with E-state index < -0.39 is 9.76 Å². The summed E-state index contributed by atoms with van der Waals surface area (Å²) in [6, 6.07) is 0. The summed E-state index contributed by atoms with van der Waals surface area (Å²) >= 11 is 0. The Morgan fingerprint density at radius 3 is 1.65 bits per heavy atom. The lowest BCUT2D eigenvalue weighted by Crippen LogP contribution is -2.35. The maximum Gasteiger partial charge on any atom is 0.175 e. The van der Waals surface area contributed by atoms with Crippen LogP contribution in [-0.4, -0.2) is 90.1 Å². The zero-order chi connectivity index (χ0) is 17.5. The summed E-state index contributed by atoms with van der Waals surface area (Å²) in [5, 5.41) is 0. The normalized spacial score (nSPS) is 12.8. The topological polar surface area (TPSA) is 19.0 Å². The van der Waals surface area contributed by atoms with E-state index in [1.807, 2.05) is 0 Å². The first-order valence-corrected chi connectivity index (χ1v) is 11.3. The Morgan fingerprint density at radius 2 is 1.26 bits per heavy atom. The predicted octanol–water partition coefficient (Wildman–Crippen LogP) is 2.22. The minimum absolute atomic E-state index is 0.398. The van der Waals surface area contributed by atoms with Crippen LogP contribution in [0.25, 0.3) is 0 Å². The Bertz CT molecular complexity index is 236. The quantitative estimate of drug-likeness (QED) is 0.399. The van der Waals surface area contributed by atoms with E-state index in [9.17, 15) is 0 Å². The fraction of sp³-hybridized carbons (Fsp3) is 1.00. The standard InChI is InChI=1S/C18H43N3OSi/c1-7-11-19(5)13-9-15-21(17-23-22-18(3)4)16-10-14-20(6)12-8-2/h18H,7-17,23H2,1-6H3. The second-order valence-electron chi connectivity index (χ2n) is 7.07. The Morgan fingerprint density at radius 1 is 0.783 bits per heavy atom. The third kappa shape index (κ3) is 15.3. The Labute approximate surface area is 148 Å². The van der Waals surface area contributed by atoms with Crippen molar-refractivity contribution in [1.82, 2.24) is 14.7 Å². The summed E-state index contributed by atoms with van der Waals surface area (Å²) in [6.45, 7) is 16.1. The highest BCUT2D eigenvalue weighted by molar-refractivity contribution is 6.27. The van der Waals surface area contributed by atoms with Crippen LogP contribution in [0, 0.1) is 0 Å². The van der Waals surface area contributed by atoms with Crippen molar-refractivity contribution in [2.24, 2.45) is 0 Å². The molecule has 0 amide bonds. The van der Waals surface area contributed by atoms with Crippen LogP contribution in [0.3, 0.4) is 0 Å². The van der Waals surface area contributed by atoms with Crippen LogP contribution in [0.4, 0.5) is 0 Å². The fourth-order valence-corrected chi connectivity index (χ4v) is 4.15. The molecular formula is C18H43N3OSi. The van der Waals surface area contributed by atoms with E-state index in [4.69, 9.17) is 4.43 Å². The van der Waals surface area contributed by atoms with Gasteiger partial charge >= 0.3 is 0 Å². The number of hydrogen-bond acceptors (Lipinski definition) is 4. The molecule has 140 valence electrons. The largest absolute Gasteiger partial charge is 0.420 e. The van der Waals surface area contributed by atoms with Crippen LogP contribution in [0.1, 0.15) is 53.4 Å². The molecule has 5 heteroatoms. The van der Waals surface area contributed by atoms with Crippen LogP contribution < -0.4 is 0 Å². The van der Waals surface area contributed by atoms with Gasteiger partial charge in [0.25, 0.3) is 0 Å². The third-order valence-corrected chi connectivity index (χ3v) is 5.82. The molecule has 0 N–H and O–H groups in total. The van der Waals surface area contributed by atoms with Gasteiger partial charge < -0.3 is 19.1 Å². The highest BCUT2D eigenvalue weighted by atomic mass is 28.2. The molecule has 0 aliphatic heterocycles. The van der Waals surface area contributed by atoms with E-state index in [0.717, 1.165) is 0 Å². The average molecular weight is 346 g/mol. The van der Waals surface area contributed by atoms with Crippen molar-refractivity contribution in [3.63, 3.8) is 0 Å². The molecule has 0 spiro atoms. The van der Waals surface area contributed by atoms with Gasteiger partial charge in [-0.05, 0) is 92.9 Å². The summed E-state index contributed by atoms with van der Waals surface area (Å²) in [5.41, 5.74) is 0. The lowest BCUT2D eigenvalue weighted by Gasteiger charge is -2.25. The lowest BCUT2D eigenvalue weighted by atomic mass is 10.3. The van der Waals surface area contributed by atoms with Crippen LogP contribution in [0.5, 0.6) is 0 Å². The number of nitrogens with zero attached hydrogens (tertiary/aromatic N) is 3. The predicted molar refractivity (Wildman–Crippen MR) is 106 cm³/mol. The van der Waals surface area contributed by atoms with Gasteiger partial charge in [-0.15, -0.1) is 0 Å². The molecule has 0 saturated carbocycles. The first kappa shape index (κ1) is 23.1. The highest BCUT2D eigenvalue weighted by Crippen LogP contribution is 1.99. The molecule has 0 aliphatic rings. The minimum atomic E-state index is -0.399. The summed E-state index contributed by atoms with van der Waals surface area (Å²) in [7, 11) is 4.08. The van der Waals surface area contributed by atoms with E-state index >= 15 is 0 Å². The van der Waals surface area contributed by atoms with Crippen molar-refractivity contribution >= 4 is 9.76 Å². The van der Waals surface area contributed by atoms with Crippen molar-refractivity contribution in [2.45, 2.75) is 59.5 Å². The van der Waals surface area contributed by atoms with Gasteiger partial charge in [-0.2, -0.15) is 0 Å². The number of rotatable bonds is 16. The van der Waals surface area contributed by atoms with Crippen LogP contribution >= 0.6 is 0 Å². The molecule has 0 aromatic carbocycles. The molecule has 0 radical (unpaired) electrons. The maximum absolute atomic E-state index is 5.88. The highest BCUT2D eigenvalue weighted by Gasteiger charge is 2.08. The number of hydrogen-bond donors (Lipinski definition) is 0. The van der Waals surface area contributed by atoms with Crippen molar-refractivity contribution in [1.29, 1.82) is 0 Å². The van der Waals surface area contributed by atoms with E-state index in [1.54, 1.807) is 0 Å². The van der Waals surface area contributed by atoms with Crippen LogP contribution in [0.2, 0.25) is 0 Å². The zero-order valence-electron chi connectivity index (χ0n) is 16.8. The minimum Gasteiger partial charge on any atom is -0.420 e. The van der Waals surface area contributed by atoms with Gasteiger partial charge in [0.2, 0.25) is 0 Å². The van der Waals surface area contributed by atoms with Gasteiger partial charge in [0, 0.05) is 12.3 Å². The molecule has 0 atom stereocenters. The van der Waals surface area contributed by atoms with Gasteiger partial charge in [0.05, 0.1) is 0 Å². The van der Waals surface area contributed by atoms with Crippen molar-refractivity contribution in [3.8, 4) is 0 Å². The second-order valence-corrected chi connectivity index (χ2v) is 8.26. The molecule has 4 nitrogen and oxygen atoms in total. The molecule has 0 fully saturated rings. The van der Waals surface area contributed by atoms with Crippen molar-refractivity contribution in [3.05, 3.63) is 0 Å². The summed E-state index contributed by atoms with van der Waals surface area (Å²) in [4.78, 5) is 7.55. The molecular weight excluding hydrogens is 302 g/mol. The third-order valence-electron chi connectivity index (χ3n) is 4.10.